The van der Waals surface area contributed by atoms with Crippen molar-refractivity contribution in [3.8, 4) is 0 Å². The summed E-state index contributed by atoms with van der Waals surface area (Å²) >= 11 is 0. The molecule has 0 aliphatic rings. The number of hydrogen-bond donors (Lipinski definition) is 0. The van der Waals surface area contributed by atoms with E-state index in [-0.39, 0.29) is 96.2 Å². The second-order valence-electron chi connectivity index (χ2n) is 18.4. The Morgan fingerprint density at radius 1 is 0.415 bits per heavy atom. The van der Waals surface area contributed by atoms with Crippen molar-refractivity contribution in [1.82, 2.24) is 0 Å². The lowest BCUT2D eigenvalue weighted by Crippen LogP contribution is -2.46. The van der Waals surface area contributed by atoms with Gasteiger partial charge in [0.25, 0.3) is 0 Å². The number of rotatable bonds is 46. The van der Waals surface area contributed by atoms with Crippen LogP contribution in [0.15, 0.2) is 12.3 Å². The zero-order chi connectivity index (χ0) is 48.4. The van der Waals surface area contributed by atoms with Gasteiger partial charge in [-0.3, -0.25) is 24.0 Å². The van der Waals surface area contributed by atoms with Crippen molar-refractivity contribution in [3.05, 3.63) is 12.3 Å². The Hall–Kier alpha value is -3.19. The van der Waals surface area contributed by atoms with Crippen LogP contribution in [0.2, 0.25) is 0 Å². The van der Waals surface area contributed by atoms with Crippen molar-refractivity contribution >= 4 is 29.8 Å². The molecule has 0 aromatic rings. The van der Waals surface area contributed by atoms with Gasteiger partial charge in [-0.25, -0.2) is 0 Å². The maximum atomic E-state index is 13.2. The highest BCUT2D eigenvalue weighted by Crippen LogP contribution is 2.34. The first kappa shape index (κ1) is 61.8. The van der Waals surface area contributed by atoms with E-state index in [0.29, 0.717) is 57.3 Å². The maximum Gasteiger partial charge on any atom is 0.305 e. The van der Waals surface area contributed by atoms with Gasteiger partial charge in [-0.2, -0.15) is 4.89 Å². The lowest BCUT2D eigenvalue weighted by Gasteiger charge is -2.37. The third-order valence-electron chi connectivity index (χ3n) is 11.3. The molecular weight excluding hydrogens is 833 g/mol. The van der Waals surface area contributed by atoms with E-state index >= 15 is 0 Å². The highest BCUT2D eigenvalue weighted by atomic mass is 17.2. The molecule has 13 heteroatoms. The van der Waals surface area contributed by atoms with E-state index in [1.165, 1.54) is 0 Å². The minimum absolute atomic E-state index is 0.0645. The summed E-state index contributed by atoms with van der Waals surface area (Å²) in [6.07, 6.45) is 20.0. The second kappa shape index (κ2) is 41.0. The van der Waals surface area contributed by atoms with E-state index in [2.05, 4.69) is 41.2 Å². The van der Waals surface area contributed by atoms with Gasteiger partial charge in [0.15, 0.2) is 0 Å². The topological polar surface area (TPSA) is 159 Å². The average molecular weight is 927 g/mol. The Balaban J connectivity index is 6.96. The highest BCUT2D eigenvalue weighted by molar-refractivity contribution is 5.71. The summed E-state index contributed by atoms with van der Waals surface area (Å²) in [6, 6.07) is 0. The molecule has 0 aromatic carbocycles. The van der Waals surface area contributed by atoms with E-state index in [9.17, 15) is 24.0 Å². The molecule has 0 bridgehead atoms. The Morgan fingerprint density at radius 2 is 0.708 bits per heavy atom. The number of esters is 5. The molecule has 0 aliphatic carbocycles. The fourth-order valence-electron chi connectivity index (χ4n) is 7.42. The van der Waals surface area contributed by atoms with Crippen molar-refractivity contribution < 1.29 is 62.2 Å². The molecule has 0 saturated carbocycles. The molecule has 380 valence electrons. The van der Waals surface area contributed by atoms with Crippen LogP contribution in [0, 0.1) is 16.7 Å². The van der Waals surface area contributed by atoms with Crippen LogP contribution in [-0.2, 0) is 62.2 Å². The predicted octanol–water partition coefficient (Wildman–Crippen LogP) is 12.4. The third kappa shape index (κ3) is 34.7. The Morgan fingerprint density at radius 3 is 1.00 bits per heavy atom. The number of allylic oxidation sites excluding steroid dienone is 1. The number of ether oxygens (including phenoxy) is 6. The van der Waals surface area contributed by atoms with Crippen molar-refractivity contribution in [2.75, 3.05) is 52.9 Å². The van der Waals surface area contributed by atoms with E-state index < -0.39 is 28.7 Å². The first-order valence-electron chi connectivity index (χ1n) is 25.7. The molecule has 65 heavy (non-hydrogen) atoms. The van der Waals surface area contributed by atoms with Crippen LogP contribution in [0.4, 0.5) is 0 Å². The summed E-state index contributed by atoms with van der Waals surface area (Å²) < 4.78 is 36.3. The van der Waals surface area contributed by atoms with Crippen LogP contribution < -0.4 is 0 Å². The molecule has 0 heterocycles. The first-order valence-corrected chi connectivity index (χ1v) is 25.7. The van der Waals surface area contributed by atoms with E-state index in [1.807, 2.05) is 13.8 Å². The molecule has 0 radical (unpaired) electrons. The predicted molar refractivity (Wildman–Crippen MR) is 255 cm³/mol. The fraction of sp³-hybridized carbons (Fsp3) is 0.865. The molecule has 0 spiro atoms. The SMILES string of the molecule is C=C(CC(C)CC(COCC(COC(=O)CCCCCC)(COC(=O)CCCCCC)COC(=O)CCCCCC)(COC(=O)CCCCCC)COC(=O)CCCCCC)OOCC. The zero-order valence-electron chi connectivity index (χ0n) is 42.3. The van der Waals surface area contributed by atoms with Gasteiger partial charge in [0.2, 0.25) is 0 Å². The van der Waals surface area contributed by atoms with E-state index in [1.54, 1.807) is 0 Å². The van der Waals surface area contributed by atoms with Gasteiger partial charge < -0.3 is 33.3 Å². The molecule has 1 unspecified atom stereocenters. The summed E-state index contributed by atoms with van der Waals surface area (Å²) in [5.41, 5.74) is -2.32. The standard InChI is InChI=1S/C52H94O13/c1-9-15-20-25-30-46(53)59-39-51(36-44(7)35-45(8)65-64-14-6,40-60-47(54)31-26-21-16-10-2)37-58-38-52(41-61-48(55)32-27-22-17-11-3,42-62-49(56)33-28-23-18-12-4)43-63-50(57)34-29-24-19-13-5/h44H,8-43H2,1-7H3. The lowest BCUT2D eigenvalue weighted by molar-refractivity contribution is -0.260. The van der Waals surface area contributed by atoms with Gasteiger partial charge >= 0.3 is 29.8 Å². The van der Waals surface area contributed by atoms with E-state index in [0.717, 1.165) is 96.3 Å². The van der Waals surface area contributed by atoms with E-state index in [4.69, 9.17) is 38.2 Å². The summed E-state index contributed by atoms with van der Waals surface area (Å²) in [4.78, 5) is 76.4. The quantitative estimate of drug-likeness (QED) is 0.0142. The molecule has 0 saturated heterocycles. The molecule has 1 atom stereocenters. The maximum absolute atomic E-state index is 13.2. The van der Waals surface area contributed by atoms with Gasteiger partial charge in [0.1, 0.15) is 38.8 Å². The zero-order valence-corrected chi connectivity index (χ0v) is 42.3. The number of carbonyl (C=O) groups is 5. The van der Waals surface area contributed by atoms with Crippen LogP contribution in [-0.4, -0.2) is 82.7 Å². The van der Waals surface area contributed by atoms with Crippen LogP contribution >= 0.6 is 0 Å². The van der Waals surface area contributed by atoms with Gasteiger partial charge in [0, 0.05) is 38.5 Å². The molecule has 0 amide bonds. The minimum Gasteiger partial charge on any atom is -0.465 e. The summed E-state index contributed by atoms with van der Waals surface area (Å²) in [7, 11) is 0. The first-order chi connectivity index (χ1) is 31.3. The number of unbranched alkanes of at least 4 members (excludes halogenated alkanes) is 15. The number of carbonyl (C=O) groups excluding carboxylic acids is 5. The van der Waals surface area contributed by atoms with Gasteiger partial charge in [-0.05, 0) is 51.4 Å². The van der Waals surface area contributed by atoms with Gasteiger partial charge in [0.05, 0.1) is 30.7 Å². The third-order valence-corrected chi connectivity index (χ3v) is 11.3. The van der Waals surface area contributed by atoms with Crippen LogP contribution in [0.1, 0.15) is 222 Å². The normalized spacial score (nSPS) is 12.0. The molecule has 0 aromatic heterocycles. The smallest absolute Gasteiger partial charge is 0.305 e. The lowest BCUT2D eigenvalue weighted by atomic mass is 9.80. The molecule has 0 rings (SSSR count). The average Bonchev–Trinajstić information content (AvgIpc) is 3.29. The molecule has 0 fully saturated rings. The molecule has 0 N–H and O–H groups in total. The van der Waals surface area contributed by atoms with Crippen molar-refractivity contribution in [1.29, 1.82) is 0 Å². The highest BCUT2D eigenvalue weighted by Gasteiger charge is 2.41. The van der Waals surface area contributed by atoms with Gasteiger partial charge in [-0.15, -0.1) is 0 Å². The van der Waals surface area contributed by atoms with Gasteiger partial charge in [-0.1, -0.05) is 144 Å². The number of hydrogen-bond acceptors (Lipinski definition) is 13. The minimum atomic E-state index is -1.28. The van der Waals surface area contributed by atoms with Crippen LogP contribution in [0.3, 0.4) is 0 Å². The molecule has 0 aliphatic heterocycles. The Kier molecular flexibility index (Phi) is 39.0. The Labute approximate surface area is 394 Å². The second-order valence-corrected chi connectivity index (χ2v) is 18.4. The van der Waals surface area contributed by atoms with Crippen LogP contribution in [0.5, 0.6) is 0 Å². The van der Waals surface area contributed by atoms with Crippen molar-refractivity contribution in [2.45, 2.75) is 222 Å². The molecular formula is C52H94O13. The Bertz CT molecular complexity index is 1150. The summed E-state index contributed by atoms with van der Waals surface area (Å²) in [6.45, 7) is 17.5. The monoisotopic (exact) mass is 927 g/mol. The van der Waals surface area contributed by atoms with Crippen LogP contribution in [0.25, 0.3) is 0 Å². The van der Waals surface area contributed by atoms with Crippen molar-refractivity contribution in [2.24, 2.45) is 16.7 Å². The van der Waals surface area contributed by atoms with Crippen molar-refractivity contribution in [3.63, 3.8) is 0 Å². The summed E-state index contributed by atoms with van der Waals surface area (Å²) in [5.74, 6) is -1.64. The summed E-state index contributed by atoms with van der Waals surface area (Å²) in [5, 5.41) is 0. The largest absolute Gasteiger partial charge is 0.465 e. The fourth-order valence-corrected chi connectivity index (χ4v) is 7.42. The molecule has 13 nitrogen and oxygen atoms in total.